The van der Waals surface area contributed by atoms with Crippen LogP contribution in [-0.4, -0.2) is 27.9 Å². The molecule has 0 radical (unpaired) electrons. The van der Waals surface area contributed by atoms with Crippen molar-refractivity contribution >= 4 is 34.1 Å². The van der Waals surface area contributed by atoms with Gasteiger partial charge in [0.2, 0.25) is 11.0 Å². The summed E-state index contributed by atoms with van der Waals surface area (Å²) < 4.78 is 13.7. The van der Waals surface area contributed by atoms with Gasteiger partial charge in [0.15, 0.2) is 4.34 Å². The van der Waals surface area contributed by atoms with Crippen LogP contribution in [0.2, 0.25) is 0 Å². The maximum atomic E-state index is 12.9. The Labute approximate surface area is 148 Å². The van der Waals surface area contributed by atoms with Gasteiger partial charge in [-0.3, -0.25) is 4.79 Å². The second-order valence-corrected chi connectivity index (χ2v) is 7.65. The zero-order valence-electron chi connectivity index (χ0n) is 13.5. The van der Waals surface area contributed by atoms with Crippen LogP contribution in [0.5, 0.6) is 0 Å². The lowest BCUT2D eigenvalue weighted by Gasteiger charge is -2.17. The number of amides is 1. The molecule has 0 saturated heterocycles. The summed E-state index contributed by atoms with van der Waals surface area (Å²) in [6.07, 6.45) is 1.74. The van der Waals surface area contributed by atoms with Crippen LogP contribution < -0.4 is 10.6 Å². The minimum Gasteiger partial charge on any atom is -0.357 e. The molecule has 0 bridgehead atoms. The molecule has 0 aliphatic carbocycles. The number of rotatable bonds is 8. The molecule has 2 aromatic rings. The van der Waals surface area contributed by atoms with Crippen LogP contribution in [-0.2, 0) is 4.79 Å². The van der Waals surface area contributed by atoms with Gasteiger partial charge in [-0.15, -0.1) is 16.8 Å². The van der Waals surface area contributed by atoms with E-state index in [1.807, 2.05) is 13.8 Å². The normalized spacial score (nSPS) is 13.1. The van der Waals surface area contributed by atoms with Gasteiger partial charge in [-0.05, 0) is 31.5 Å². The van der Waals surface area contributed by atoms with Gasteiger partial charge in [0.05, 0.1) is 11.3 Å². The summed E-state index contributed by atoms with van der Waals surface area (Å²) in [4.78, 5) is 12.3. The second kappa shape index (κ2) is 8.79. The summed E-state index contributed by atoms with van der Waals surface area (Å²) >= 11 is 2.75. The van der Waals surface area contributed by atoms with Gasteiger partial charge in [0.25, 0.3) is 0 Å². The monoisotopic (exact) mass is 366 g/mol. The van der Waals surface area contributed by atoms with Crippen molar-refractivity contribution in [2.24, 2.45) is 0 Å². The Kier molecular flexibility index (Phi) is 6.74. The minimum atomic E-state index is -0.312. The van der Waals surface area contributed by atoms with Crippen LogP contribution in [0, 0.1) is 5.82 Å². The van der Waals surface area contributed by atoms with E-state index < -0.39 is 0 Å². The molecule has 0 unspecified atom stereocenters. The highest BCUT2D eigenvalue weighted by atomic mass is 32.2. The van der Waals surface area contributed by atoms with Crippen molar-refractivity contribution in [2.75, 3.05) is 11.9 Å². The predicted octanol–water partition coefficient (Wildman–Crippen LogP) is 3.63. The fraction of sp³-hybridized carbons (Fsp3) is 0.312. The molecule has 0 fully saturated rings. The molecule has 1 aromatic carbocycles. The second-order valence-electron chi connectivity index (χ2n) is 5.08. The minimum absolute atomic E-state index is 0.104. The van der Waals surface area contributed by atoms with Crippen molar-refractivity contribution in [1.29, 1.82) is 0 Å². The van der Waals surface area contributed by atoms with Crippen molar-refractivity contribution in [3.8, 4) is 0 Å². The van der Waals surface area contributed by atoms with Crippen LogP contribution in [0.4, 0.5) is 9.52 Å². The Balaban J connectivity index is 1.88. The Morgan fingerprint density at radius 1 is 1.38 bits per heavy atom. The summed E-state index contributed by atoms with van der Waals surface area (Å²) in [7, 11) is 0. The van der Waals surface area contributed by atoms with Gasteiger partial charge in [-0.2, -0.15) is 0 Å². The Morgan fingerprint density at radius 3 is 2.75 bits per heavy atom. The van der Waals surface area contributed by atoms with E-state index >= 15 is 0 Å². The molecular weight excluding hydrogens is 347 g/mol. The molecule has 128 valence electrons. The van der Waals surface area contributed by atoms with Crippen LogP contribution >= 0.6 is 23.1 Å². The molecule has 0 saturated carbocycles. The van der Waals surface area contributed by atoms with Crippen molar-refractivity contribution in [3.05, 3.63) is 48.3 Å². The number of hydrogen-bond donors (Lipinski definition) is 2. The summed E-state index contributed by atoms with van der Waals surface area (Å²) in [6, 6.07) is 5.91. The van der Waals surface area contributed by atoms with Gasteiger partial charge < -0.3 is 10.6 Å². The zero-order chi connectivity index (χ0) is 17.5. The number of benzene rings is 1. The average molecular weight is 366 g/mol. The Bertz CT molecular complexity index is 690. The number of nitrogens with one attached hydrogen (secondary N) is 2. The van der Waals surface area contributed by atoms with Gasteiger partial charge in [-0.25, -0.2) is 4.39 Å². The average Bonchev–Trinajstić information content (AvgIpc) is 3.00. The fourth-order valence-electron chi connectivity index (χ4n) is 1.86. The molecule has 0 aliphatic heterocycles. The number of anilines is 1. The van der Waals surface area contributed by atoms with E-state index in [0.717, 1.165) is 9.90 Å². The number of nitrogens with zero attached hydrogens (tertiary/aromatic N) is 2. The number of halogens is 1. The fourth-order valence-corrected chi connectivity index (χ4v) is 3.77. The quantitative estimate of drug-likeness (QED) is 0.552. The first-order chi connectivity index (χ1) is 11.5. The van der Waals surface area contributed by atoms with E-state index in [4.69, 9.17) is 0 Å². The Morgan fingerprint density at radius 2 is 2.08 bits per heavy atom. The number of carbonyl (C=O) groups excluding carboxylic acids is 1. The van der Waals surface area contributed by atoms with Gasteiger partial charge >= 0.3 is 0 Å². The number of aromatic nitrogens is 2. The van der Waals surface area contributed by atoms with Gasteiger partial charge in [0.1, 0.15) is 5.82 Å². The molecule has 2 N–H and O–H groups in total. The summed E-state index contributed by atoms with van der Waals surface area (Å²) in [6.45, 7) is 7.92. The third-order valence-corrected chi connectivity index (χ3v) is 5.24. The Hall–Kier alpha value is -1.93. The molecular formula is C16H19FN4OS2. The summed E-state index contributed by atoms with van der Waals surface area (Å²) in [5, 5.41) is 14.4. The molecule has 24 heavy (non-hydrogen) atoms. The van der Waals surface area contributed by atoms with E-state index in [1.165, 1.54) is 35.2 Å². The van der Waals surface area contributed by atoms with E-state index in [9.17, 15) is 9.18 Å². The van der Waals surface area contributed by atoms with Crippen LogP contribution in [0.1, 0.15) is 25.5 Å². The predicted molar refractivity (Wildman–Crippen MR) is 96.9 cm³/mol. The van der Waals surface area contributed by atoms with E-state index in [-0.39, 0.29) is 23.0 Å². The molecule has 1 aromatic heterocycles. The van der Waals surface area contributed by atoms with Crippen molar-refractivity contribution in [2.45, 2.75) is 29.5 Å². The molecule has 1 heterocycles. The zero-order valence-corrected chi connectivity index (χ0v) is 15.1. The van der Waals surface area contributed by atoms with Crippen LogP contribution in [0.15, 0.2) is 41.3 Å². The highest BCUT2D eigenvalue weighted by molar-refractivity contribution is 8.02. The molecule has 8 heteroatoms. The molecule has 0 aliphatic rings. The number of thioether (sulfide) groups is 1. The SMILES string of the molecule is C=CCNc1nnc(S[C@@H](C)C(=O)N[C@H](C)c2ccc(F)cc2)s1. The third-order valence-electron chi connectivity index (χ3n) is 3.18. The topological polar surface area (TPSA) is 66.9 Å². The molecule has 2 atom stereocenters. The van der Waals surface area contributed by atoms with E-state index in [2.05, 4.69) is 27.4 Å². The summed E-state index contributed by atoms with van der Waals surface area (Å²) in [5.41, 5.74) is 0.855. The molecule has 1 amide bonds. The van der Waals surface area contributed by atoms with Crippen molar-refractivity contribution < 1.29 is 9.18 Å². The number of hydrogen-bond acceptors (Lipinski definition) is 6. The lowest BCUT2D eigenvalue weighted by atomic mass is 10.1. The van der Waals surface area contributed by atoms with Gasteiger partial charge in [-0.1, -0.05) is 41.3 Å². The molecule has 2 rings (SSSR count). The lowest BCUT2D eigenvalue weighted by molar-refractivity contribution is -0.120. The highest BCUT2D eigenvalue weighted by Gasteiger charge is 2.19. The lowest BCUT2D eigenvalue weighted by Crippen LogP contribution is -2.33. The summed E-state index contributed by atoms with van der Waals surface area (Å²) in [5.74, 6) is -0.397. The maximum absolute atomic E-state index is 12.9. The van der Waals surface area contributed by atoms with Crippen LogP contribution in [0.3, 0.4) is 0 Å². The smallest absolute Gasteiger partial charge is 0.233 e. The standard InChI is InChI=1S/C16H19FN4OS2/c1-4-9-18-15-20-21-16(24-15)23-11(3)14(22)19-10(2)12-5-7-13(17)8-6-12/h4-8,10-11H,1,9H2,2-3H3,(H,18,20)(H,19,22)/t10-,11+/m1/s1. The highest BCUT2D eigenvalue weighted by Crippen LogP contribution is 2.29. The molecule has 5 nitrogen and oxygen atoms in total. The van der Waals surface area contributed by atoms with Crippen molar-refractivity contribution in [3.63, 3.8) is 0 Å². The van der Waals surface area contributed by atoms with Crippen molar-refractivity contribution in [1.82, 2.24) is 15.5 Å². The van der Waals surface area contributed by atoms with E-state index in [0.29, 0.717) is 11.7 Å². The first kappa shape index (κ1) is 18.4. The number of carbonyl (C=O) groups is 1. The van der Waals surface area contributed by atoms with Crippen LogP contribution in [0.25, 0.3) is 0 Å². The first-order valence-corrected chi connectivity index (χ1v) is 9.10. The largest absolute Gasteiger partial charge is 0.357 e. The first-order valence-electron chi connectivity index (χ1n) is 7.40. The molecule has 0 spiro atoms. The third kappa shape index (κ3) is 5.31. The van der Waals surface area contributed by atoms with E-state index in [1.54, 1.807) is 18.2 Å². The maximum Gasteiger partial charge on any atom is 0.233 e. The van der Waals surface area contributed by atoms with Gasteiger partial charge in [0, 0.05) is 6.54 Å².